The molecule has 2 aromatic carbocycles. The Morgan fingerprint density at radius 1 is 1.07 bits per heavy atom. The van der Waals surface area contributed by atoms with Crippen LogP contribution in [0.25, 0.3) is 6.08 Å². The second-order valence-corrected chi connectivity index (χ2v) is 11.0. The maximum atomic E-state index is 13.5. The number of cyclic esters (lactones) is 1. The normalized spacial score (nSPS) is 17.7. The van der Waals surface area contributed by atoms with E-state index in [9.17, 15) is 24.6 Å². The molecule has 0 fully saturated rings. The van der Waals surface area contributed by atoms with E-state index in [-0.39, 0.29) is 53.9 Å². The minimum absolute atomic E-state index is 0.0142. The number of Topliss-reactive ketones (excluding diaryl/α,β-unsaturated/α-hetero) is 1. The number of phenols is 2. The lowest BCUT2D eigenvalue weighted by Crippen LogP contribution is -2.25. The van der Waals surface area contributed by atoms with Gasteiger partial charge < -0.3 is 29.7 Å². The summed E-state index contributed by atoms with van der Waals surface area (Å²) in [5, 5.41) is 25.9. The van der Waals surface area contributed by atoms with Crippen molar-refractivity contribution in [2.75, 3.05) is 6.79 Å². The van der Waals surface area contributed by atoms with Gasteiger partial charge in [-0.1, -0.05) is 24.3 Å². The van der Waals surface area contributed by atoms with Crippen LogP contribution in [0.4, 0.5) is 0 Å². The molecule has 0 aliphatic carbocycles. The number of benzene rings is 2. The van der Waals surface area contributed by atoms with Crippen molar-refractivity contribution in [2.45, 2.75) is 70.4 Å². The zero-order valence-corrected chi connectivity index (χ0v) is 24.6. The van der Waals surface area contributed by atoms with Crippen LogP contribution in [-0.4, -0.2) is 45.8 Å². The Hall–Kier alpha value is -4.86. The lowest BCUT2D eigenvalue weighted by molar-refractivity contribution is -0.121. The Balaban J connectivity index is 1.54. The summed E-state index contributed by atoms with van der Waals surface area (Å²) >= 11 is 0. The smallest absolute Gasteiger partial charge is 0.342 e. The van der Waals surface area contributed by atoms with Gasteiger partial charge in [-0.25, -0.2) is 4.79 Å². The standard InChI is InChI=1S/C34H36N2O8/c1-21-8-7-12-25(37)11-4-2-3-9-23-16-27(38)32(33(40)31(23)34(41)44-21)26(22-13-14-28-29(17-22)43-20-42-28)18-30(39)36-19-24-10-5-6-15-35-24/h3,5-6,9-10,13-17,21,26,38,40H,2,4,7-8,11-12,18-20H2,1H3,(H,36,39)/t21-,26?/m0/s1. The quantitative estimate of drug-likeness (QED) is 0.311. The molecular formula is C34H36N2O8. The van der Waals surface area contributed by atoms with Gasteiger partial charge in [0.15, 0.2) is 11.5 Å². The van der Waals surface area contributed by atoms with E-state index in [1.165, 1.54) is 6.07 Å². The molecule has 3 N–H and O–H groups in total. The van der Waals surface area contributed by atoms with E-state index in [1.807, 2.05) is 6.07 Å². The highest BCUT2D eigenvalue weighted by Gasteiger charge is 2.31. The Kier molecular flexibility index (Phi) is 9.79. The van der Waals surface area contributed by atoms with Crippen LogP contribution in [0.3, 0.4) is 0 Å². The molecule has 44 heavy (non-hydrogen) atoms. The highest BCUT2D eigenvalue weighted by molar-refractivity contribution is 5.98. The van der Waals surface area contributed by atoms with E-state index in [4.69, 9.17) is 14.2 Å². The van der Waals surface area contributed by atoms with Crippen LogP contribution < -0.4 is 14.8 Å². The van der Waals surface area contributed by atoms with Crippen LogP contribution in [0.5, 0.6) is 23.0 Å². The third kappa shape index (κ3) is 7.37. The van der Waals surface area contributed by atoms with Crippen molar-refractivity contribution < 1.29 is 38.8 Å². The van der Waals surface area contributed by atoms with Crippen LogP contribution in [-0.2, 0) is 20.9 Å². The summed E-state index contributed by atoms with van der Waals surface area (Å²) in [6, 6.07) is 11.9. The topological polar surface area (TPSA) is 144 Å². The Morgan fingerprint density at radius 2 is 1.89 bits per heavy atom. The van der Waals surface area contributed by atoms with Crippen molar-refractivity contribution in [3.63, 3.8) is 0 Å². The van der Waals surface area contributed by atoms with Gasteiger partial charge in [-0.15, -0.1) is 0 Å². The summed E-state index contributed by atoms with van der Waals surface area (Å²) in [6.45, 7) is 1.98. The lowest BCUT2D eigenvalue weighted by atomic mass is 9.84. The minimum Gasteiger partial charge on any atom is -0.507 e. The van der Waals surface area contributed by atoms with Gasteiger partial charge in [-0.05, 0) is 74.1 Å². The van der Waals surface area contributed by atoms with Gasteiger partial charge in [0.2, 0.25) is 12.7 Å². The van der Waals surface area contributed by atoms with E-state index in [0.29, 0.717) is 61.3 Å². The van der Waals surface area contributed by atoms with Crippen molar-refractivity contribution in [1.82, 2.24) is 10.3 Å². The Bertz CT molecular complexity index is 1550. The number of fused-ring (bicyclic) bond motifs is 2. The summed E-state index contributed by atoms with van der Waals surface area (Å²) in [5.74, 6) is -1.57. The van der Waals surface area contributed by atoms with E-state index >= 15 is 0 Å². The molecule has 230 valence electrons. The Labute approximate surface area is 255 Å². The number of ether oxygens (including phenoxy) is 3. The van der Waals surface area contributed by atoms with Crippen LogP contribution in [0.1, 0.15) is 90.5 Å². The number of rotatable bonds is 6. The molecule has 10 nitrogen and oxygen atoms in total. The first-order valence-electron chi connectivity index (χ1n) is 14.8. The first-order chi connectivity index (χ1) is 21.3. The molecule has 0 spiro atoms. The second kappa shape index (κ2) is 14.1. The number of pyridine rings is 1. The predicted molar refractivity (Wildman–Crippen MR) is 162 cm³/mol. The molecule has 2 aliphatic rings. The van der Waals surface area contributed by atoms with Crippen molar-refractivity contribution in [3.05, 3.63) is 82.7 Å². The molecule has 1 unspecified atom stereocenters. The summed E-state index contributed by atoms with van der Waals surface area (Å²) in [5.41, 5.74) is 1.42. The summed E-state index contributed by atoms with van der Waals surface area (Å²) < 4.78 is 16.7. The molecule has 0 bridgehead atoms. The van der Waals surface area contributed by atoms with Gasteiger partial charge in [0.25, 0.3) is 0 Å². The molecule has 0 saturated carbocycles. The number of nitrogens with one attached hydrogen (secondary N) is 1. The van der Waals surface area contributed by atoms with Gasteiger partial charge in [0, 0.05) is 36.9 Å². The molecule has 3 aromatic rings. The van der Waals surface area contributed by atoms with Crippen LogP contribution in [0, 0.1) is 0 Å². The summed E-state index contributed by atoms with van der Waals surface area (Å²) in [4.78, 5) is 43.2. The van der Waals surface area contributed by atoms with Crippen molar-refractivity contribution in [3.8, 4) is 23.0 Å². The molecule has 10 heteroatoms. The van der Waals surface area contributed by atoms with Crippen LogP contribution in [0.15, 0.2) is 54.7 Å². The number of carbonyl (C=O) groups excluding carboxylic acids is 3. The molecule has 0 saturated heterocycles. The SMILES string of the molecule is C[C@H]1CCCC(=O)CCCC=Cc2cc(O)c(C(CC(=O)NCc3ccccn3)c3ccc4c(c3)OCO4)c(O)c2C(=O)O1. The van der Waals surface area contributed by atoms with E-state index in [0.717, 1.165) is 0 Å². The number of ketones is 1. The molecule has 1 amide bonds. The number of hydrogen-bond donors (Lipinski definition) is 3. The number of esters is 1. The number of nitrogens with zero attached hydrogens (tertiary/aromatic N) is 1. The van der Waals surface area contributed by atoms with Crippen molar-refractivity contribution in [2.24, 2.45) is 0 Å². The fraction of sp³-hybridized carbons (Fsp3) is 0.353. The van der Waals surface area contributed by atoms with Gasteiger partial charge in [0.05, 0.1) is 18.3 Å². The predicted octanol–water partition coefficient (Wildman–Crippen LogP) is 5.54. The average Bonchev–Trinajstić information content (AvgIpc) is 3.47. The largest absolute Gasteiger partial charge is 0.507 e. The monoisotopic (exact) mass is 600 g/mol. The zero-order chi connectivity index (χ0) is 31.1. The Morgan fingerprint density at radius 3 is 2.70 bits per heavy atom. The maximum Gasteiger partial charge on any atom is 0.342 e. The third-order valence-electron chi connectivity index (χ3n) is 7.78. The molecule has 5 rings (SSSR count). The fourth-order valence-corrected chi connectivity index (χ4v) is 5.48. The first kappa shape index (κ1) is 30.6. The maximum absolute atomic E-state index is 13.5. The molecule has 2 aliphatic heterocycles. The lowest BCUT2D eigenvalue weighted by Gasteiger charge is -2.23. The van der Waals surface area contributed by atoms with Crippen molar-refractivity contribution >= 4 is 23.7 Å². The first-order valence-corrected chi connectivity index (χ1v) is 14.8. The van der Waals surface area contributed by atoms with E-state index in [2.05, 4.69) is 10.3 Å². The van der Waals surface area contributed by atoms with Gasteiger partial charge in [-0.3, -0.25) is 14.6 Å². The number of phenolic OH excluding ortho intramolecular Hbond substituents is 2. The molecule has 0 radical (unpaired) electrons. The highest BCUT2D eigenvalue weighted by Crippen LogP contribution is 2.46. The van der Waals surface area contributed by atoms with Gasteiger partial charge in [-0.2, -0.15) is 0 Å². The summed E-state index contributed by atoms with van der Waals surface area (Å²) in [6.07, 6.45) is 7.59. The minimum atomic E-state index is -0.869. The number of aromatic nitrogens is 1. The molecule has 2 atom stereocenters. The number of carbonyl (C=O) groups is 3. The van der Waals surface area contributed by atoms with Gasteiger partial charge >= 0.3 is 5.97 Å². The highest BCUT2D eigenvalue weighted by atomic mass is 16.7. The fourth-order valence-electron chi connectivity index (χ4n) is 5.48. The number of allylic oxidation sites excluding steroid dienone is 1. The van der Waals surface area contributed by atoms with Crippen LogP contribution in [0.2, 0.25) is 0 Å². The molecular weight excluding hydrogens is 564 g/mol. The second-order valence-electron chi connectivity index (χ2n) is 11.0. The van der Waals surface area contributed by atoms with E-state index < -0.39 is 23.7 Å². The zero-order valence-electron chi connectivity index (χ0n) is 24.6. The number of amides is 1. The van der Waals surface area contributed by atoms with Gasteiger partial charge in [0.1, 0.15) is 22.8 Å². The summed E-state index contributed by atoms with van der Waals surface area (Å²) in [7, 11) is 0. The van der Waals surface area contributed by atoms with Crippen LogP contribution >= 0.6 is 0 Å². The average molecular weight is 601 g/mol. The molecule has 1 aromatic heterocycles. The number of aromatic hydroxyl groups is 2. The third-order valence-corrected chi connectivity index (χ3v) is 7.78. The van der Waals surface area contributed by atoms with E-state index in [1.54, 1.807) is 55.6 Å². The number of hydrogen-bond acceptors (Lipinski definition) is 9. The van der Waals surface area contributed by atoms with Crippen molar-refractivity contribution in [1.29, 1.82) is 0 Å². The molecule has 3 heterocycles.